The summed E-state index contributed by atoms with van der Waals surface area (Å²) < 4.78 is 44.4. The lowest BCUT2D eigenvalue weighted by Crippen LogP contribution is -2.18. The predicted molar refractivity (Wildman–Crippen MR) is 91.9 cm³/mol. The maximum Gasteiger partial charge on any atom is 0.418 e. The second-order valence-corrected chi connectivity index (χ2v) is 5.52. The summed E-state index contributed by atoms with van der Waals surface area (Å²) in [7, 11) is 0. The number of benzene rings is 2. The van der Waals surface area contributed by atoms with E-state index in [9.17, 15) is 18.0 Å². The zero-order valence-electron chi connectivity index (χ0n) is 13.6. The highest BCUT2D eigenvalue weighted by Crippen LogP contribution is 2.34. The fourth-order valence-corrected chi connectivity index (χ4v) is 2.50. The summed E-state index contributed by atoms with van der Waals surface area (Å²) in [4.78, 5) is 16.2. The van der Waals surface area contributed by atoms with Crippen molar-refractivity contribution in [2.75, 3.05) is 11.9 Å². The van der Waals surface area contributed by atoms with Crippen molar-refractivity contribution in [2.24, 2.45) is 0 Å². The molecule has 1 N–H and O–H groups in total. The molecule has 0 fully saturated rings. The summed E-state index contributed by atoms with van der Waals surface area (Å²) in [6.45, 7) is 0.0235. The molecular formula is C19H15F3N2O2. The van der Waals surface area contributed by atoms with Gasteiger partial charge in [0.1, 0.15) is 11.3 Å². The van der Waals surface area contributed by atoms with Gasteiger partial charge in [-0.15, -0.1) is 0 Å². The molecular weight excluding hydrogens is 345 g/mol. The SMILES string of the molecule is O=C(CCOc1cccc2cccnc12)Nc1ccccc1C(F)(F)F. The standard InChI is InChI=1S/C19H15F3N2O2/c20-19(21,22)14-7-1-2-8-15(14)24-17(25)10-12-26-16-9-3-5-13-6-4-11-23-18(13)16/h1-9,11H,10,12H2,(H,24,25). The highest BCUT2D eigenvalue weighted by molar-refractivity contribution is 5.91. The molecule has 1 aromatic heterocycles. The van der Waals surface area contributed by atoms with E-state index in [1.807, 2.05) is 12.1 Å². The highest BCUT2D eigenvalue weighted by Gasteiger charge is 2.33. The van der Waals surface area contributed by atoms with Gasteiger partial charge in [0.15, 0.2) is 0 Å². The van der Waals surface area contributed by atoms with Crippen LogP contribution in [0.3, 0.4) is 0 Å². The molecule has 0 unspecified atom stereocenters. The lowest BCUT2D eigenvalue weighted by molar-refractivity contribution is -0.137. The van der Waals surface area contributed by atoms with Crippen LogP contribution in [0.15, 0.2) is 60.8 Å². The summed E-state index contributed by atoms with van der Waals surface area (Å²) in [5, 5.41) is 3.18. The molecule has 1 amide bonds. The molecule has 0 aliphatic heterocycles. The van der Waals surface area contributed by atoms with Crippen molar-refractivity contribution < 1.29 is 22.7 Å². The zero-order chi connectivity index (χ0) is 18.6. The van der Waals surface area contributed by atoms with Crippen LogP contribution in [0, 0.1) is 0 Å². The molecule has 0 radical (unpaired) electrons. The van der Waals surface area contributed by atoms with Gasteiger partial charge in [0, 0.05) is 11.6 Å². The minimum Gasteiger partial charge on any atom is -0.491 e. The Kier molecular flexibility index (Phi) is 5.06. The van der Waals surface area contributed by atoms with Crippen molar-refractivity contribution in [3.8, 4) is 5.75 Å². The molecule has 0 aliphatic carbocycles. The molecule has 7 heteroatoms. The molecule has 2 aromatic carbocycles. The summed E-state index contributed by atoms with van der Waals surface area (Å²) >= 11 is 0. The molecule has 134 valence electrons. The number of hydrogen-bond acceptors (Lipinski definition) is 3. The largest absolute Gasteiger partial charge is 0.491 e. The second kappa shape index (κ2) is 7.43. The third kappa shape index (κ3) is 4.11. The van der Waals surface area contributed by atoms with E-state index >= 15 is 0 Å². The lowest BCUT2D eigenvalue weighted by Gasteiger charge is -2.13. The van der Waals surface area contributed by atoms with Crippen LogP contribution in [0.1, 0.15) is 12.0 Å². The Morgan fingerprint density at radius 3 is 2.62 bits per heavy atom. The Hall–Kier alpha value is -3.09. The number of pyridine rings is 1. The third-order valence-electron chi connectivity index (χ3n) is 3.69. The molecule has 0 aliphatic rings. The second-order valence-electron chi connectivity index (χ2n) is 5.52. The van der Waals surface area contributed by atoms with E-state index in [0.29, 0.717) is 11.3 Å². The van der Waals surface area contributed by atoms with Crippen LogP contribution >= 0.6 is 0 Å². The average Bonchev–Trinajstić information content (AvgIpc) is 2.61. The predicted octanol–water partition coefficient (Wildman–Crippen LogP) is 4.66. The Labute approximate surface area is 147 Å². The van der Waals surface area contributed by atoms with Crippen LogP contribution in [-0.2, 0) is 11.0 Å². The number of aromatic nitrogens is 1. The topological polar surface area (TPSA) is 51.2 Å². The summed E-state index contributed by atoms with van der Waals surface area (Å²) in [6, 6.07) is 14.0. The van der Waals surface area contributed by atoms with E-state index < -0.39 is 17.6 Å². The van der Waals surface area contributed by atoms with Gasteiger partial charge in [-0.1, -0.05) is 30.3 Å². The van der Waals surface area contributed by atoms with Crippen LogP contribution in [0.4, 0.5) is 18.9 Å². The number of halogens is 3. The summed E-state index contributed by atoms with van der Waals surface area (Å²) in [5.74, 6) is -0.0403. The van der Waals surface area contributed by atoms with E-state index in [1.165, 1.54) is 18.2 Å². The zero-order valence-corrected chi connectivity index (χ0v) is 13.6. The smallest absolute Gasteiger partial charge is 0.418 e. The van der Waals surface area contributed by atoms with Crippen molar-refractivity contribution in [2.45, 2.75) is 12.6 Å². The van der Waals surface area contributed by atoms with Crippen molar-refractivity contribution in [3.05, 3.63) is 66.4 Å². The maximum atomic E-state index is 12.9. The number of fused-ring (bicyclic) bond motifs is 1. The van der Waals surface area contributed by atoms with Crippen LogP contribution < -0.4 is 10.1 Å². The molecule has 0 atom stereocenters. The van der Waals surface area contributed by atoms with Gasteiger partial charge < -0.3 is 10.1 Å². The molecule has 0 saturated heterocycles. The van der Waals surface area contributed by atoms with Gasteiger partial charge in [0.25, 0.3) is 0 Å². The van der Waals surface area contributed by atoms with Gasteiger partial charge in [0.2, 0.25) is 5.91 Å². The quantitative estimate of drug-likeness (QED) is 0.720. The molecule has 3 aromatic rings. The van der Waals surface area contributed by atoms with Gasteiger partial charge in [-0.05, 0) is 24.3 Å². The summed E-state index contributed by atoms with van der Waals surface area (Å²) in [5.41, 5.74) is -0.484. The lowest BCUT2D eigenvalue weighted by atomic mass is 10.1. The Balaban J connectivity index is 1.62. The van der Waals surface area contributed by atoms with E-state index in [0.717, 1.165) is 11.5 Å². The van der Waals surface area contributed by atoms with Crippen LogP contribution in [0.25, 0.3) is 10.9 Å². The first kappa shape index (κ1) is 17.7. The minimum atomic E-state index is -4.53. The molecule has 0 spiro atoms. The van der Waals surface area contributed by atoms with E-state index in [4.69, 9.17) is 4.74 Å². The first-order valence-electron chi connectivity index (χ1n) is 7.88. The molecule has 26 heavy (non-hydrogen) atoms. The van der Waals surface area contributed by atoms with E-state index in [2.05, 4.69) is 10.3 Å². The maximum absolute atomic E-state index is 12.9. The van der Waals surface area contributed by atoms with Crippen molar-refractivity contribution in [1.82, 2.24) is 4.98 Å². The molecule has 0 saturated carbocycles. The van der Waals surface area contributed by atoms with Crippen LogP contribution in [0.5, 0.6) is 5.75 Å². The van der Waals surface area contributed by atoms with Crippen LogP contribution in [-0.4, -0.2) is 17.5 Å². The number of hydrogen-bond donors (Lipinski definition) is 1. The minimum absolute atomic E-state index is 0.0235. The number of rotatable bonds is 5. The number of anilines is 1. The molecule has 3 rings (SSSR count). The van der Waals surface area contributed by atoms with Crippen molar-refractivity contribution in [3.63, 3.8) is 0 Å². The number of amides is 1. The average molecular weight is 360 g/mol. The number of carbonyl (C=O) groups excluding carboxylic acids is 1. The first-order valence-corrected chi connectivity index (χ1v) is 7.88. The van der Waals surface area contributed by atoms with E-state index in [1.54, 1.807) is 24.4 Å². The Morgan fingerprint density at radius 1 is 1.04 bits per heavy atom. The number of carbonyl (C=O) groups is 1. The number of para-hydroxylation sites is 2. The third-order valence-corrected chi connectivity index (χ3v) is 3.69. The Bertz CT molecular complexity index is 921. The highest BCUT2D eigenvalue weighted by atomic mass is 19.4. The molecule has 1 heterocycles. The number of nitrogens with one attached hydrogen (secondary N) is 1. The molecule has 0 bridgehead atoms. The van der Waals surface area contributed by atoms with E-state index in [-0.39, 0.29) is 18.7 Å². The number of nitrogens with zero attached hydrogens (tertiary/aromatic N) is 1. The van der Waals surface area contributed by atoms with Crippen molar-refractivity contribution in [1.29, 1.82) is 0 Å². The number of ether oxygens (including phenoxy) is 1. The Morgan fingerprint density at radius 2 is 1.81 bits per heavy atom. The van der Waals surface area contributed by atoms with Gasteiger partial charge in [-0.3, -0.25) is 9.78 Å². The van der Waals surface area contributed by atoms with Crippen LogP contribution in [0.2, 0.25) is 0 Å². The van der Waals surface area contributed by atoms with Crippen molar-refractivity contribution >= 4 is 22.5 Å². The molecule has 4 nitrogen and oxygen atoms in total. The number of alkyl halides is 3. The first-order chi connectivity index (χ1) is 12.4. The fraction of sp³-hybridized carbons (Fsp3) is 0.158. The van der Waals surface area contributed by atoms with Gasteiger partial charge in [0.05, 0.1) is 24.3 Å². The van der Waals surface area contributed by atoms with Gasteiger partial charge in [-0.25, -0.2) is 0 Å². The summed E-state index contributed by atoms with van der Waals surface area (Å²) in [6.07, 6.45) is -2.99. The monoisotopic (exact) mass is 360 g/mol. The van der Waals surface area contributed by atoms with Gasteiger partial charge >= 0.3 is 6.18 Å². The van der Waals surface area contributed by atoms with Gasteiger partial charge in [-0.2, -0.15) is 13.2 Å². The normalized spacial score (nSPS) is 11.3. The fourth-order valence-electron chi connectivity index (χ4n) is 2.50.